The maximum absolute atomic E-state index is 4.03. The molecule has 2 nitrogen and oxygen atoms in total. The first-order chi connectivity index (χ1) is 3.83. The zero-order valence-electron chi connectivity index (χ0n) is 4.38. The number of aromatic nitrogens is 1. The van der Waals surface area contributed by atoms with Crippen molar-refractivity contribution in [2.45, 2.75) is 4.34 Å². The van der Waals surface area contributed by atoms with Crippen LogP contribution in [0.2, 0.25) is 0 Å². The van der Waals surface area contributed by atoms with Crippen molar-refractivity contribution < 1.29 is 0 Å². The molecule has 44 valence electrons. The second-order valence-corrected chi connectivity index (χ2v) is 2.85. The Balaban J connectivity index is 2.84. The highest BCUT2D eigenvalue weighted by molar-refractivity contribution is 7.82. The topological polar surface area (TPSA) is 24.9 Å². The summed E-state index contributed by atoms with van der Waals surface area (Å²) in [6, 6.07) is 0. The van der Waals surface area contributed by atoms with E-state index >= 15 is 0 Å². The van der Waals surface area contributed by atoms with Crippen molar-refractivity contribution in [2.24, 2.45) is 0 Å². The molecule has 0 aliphatic carbocycles. The molecule has 0 radical (unpaired) electrons. The zero-order valence-corrected chi connectivity index (χ0v) is 6.09. The van der Waals surface area contributed by atoms with Gasteiger partial charge in [-0.2, -0.15) is 0 Å². The first kappa shape index (κ1) is 5.91. The highest BCUT2D eigenvalue weighted by Gasteiger charge is 1.91. The molecule has 4 heteroatoms. The van der Waals surface area contributed by atoms with Gasteiger partial charge in [-0.1, -0.05) is 0 Å². The smallest absolute Gasteiger partial charge is 0.149 e. The fourth-order valence-corrected chi connectivity index (χ4v) is 1.18. The molecule has 0 fully saturated rings. The van der Waals surface area contributed by atoms with E-state index in [2.05, 4.69) is 22.9 Å². The van der Waals surface area contributed by atoms with E-state index in [4.69, 9.17) is 0 Å². The maximum Gasteiger partial charge on any atom is 0.149 e. The molecule has 0 aromatic carbocycles. The van der Waals surface area contributed by atoms with Crippen LogP contribution in [0, 0.1) is 0 Å². The van der Waals surface area contributed by atoms with E-state index in [9.17, 15) is 0 Å². The standard InChI is InChI=1S/C4H6N2S2/c1-5-3-2-8-4(7)6-3/h2,5H,1H3,(H,6,7). The Morgan fingerprint density at radius 3 is 2.88 bits per heavy atom. The summed E-state index contributed by atoms with van der Waals surface area (Å²) in [5.41, 5.74) is 0. The van der Waals surface area contributed by atoms with Crippen LogP contribution < -0.4 is 5.32 Å². The fourth-order valence-electron chi connectivity index (χ4n) is 0.379. The third kappa shape index (κ3) is 1.14. The molecule has 0 atom stereocenters. The molecular formula is C4H6N2S2. The van der Waals surface area contributed by atoms with Gasteiger partial charge < -0.3 is 5.32 Å². The first-order valence-electron chi connectivity index (χ1n) is 2.15. The summed E-state index contributed by atoms with van der Waals surface area (Å²) in [6.07, 6.45) is 0. The molecule has 1 aromatic heterocycles. The number of rotatable bonds is 1. The van der Waals surface area contributed by atoms with Crippen LogP contribution in [0.3, 0.4) is 0 Å². The predicted octanol–water partition coefficient (Wildman–Crippen LogP) is 1.47. The average Bonchev–Trinajstić information content (AvgIpc) is 2.14. The lowest BCUT2D eigenvalue weighted by Gasteiger charge is -1.85. The van der Waals surface area contributed by atoms with E-state index in [1.165, 1.54) is 11.3 Å². The first-order valence-corrected chi connectivity index (χ1v) is 3.48. The summed E-state index contributed by atoms with van der Waals surface area (Å²) >= 11 is 5.55. The maximum atomic E-state index is 4.03. The Kier molecular flexibility index (Phi) is 1.75. The normalized spacial score (nSPS) is 9.25. The van der Waals surface area contributed by atoms with Crippen LogP contribution in [-0.4, -0.2) is 12.0 Å². The summed E-state index contributed by atoms with van der Waals surface area (Å²) in [4.78, 5) is 4.00. The lowest BCUT2D eigenvalue weighted by molar-refractivity contribution is 1.24. The number of nitrogens with one attached hydrogen (secondary N) is 1. The molecule has 8 heavy (non-hydrogen) atoms. The summed E-state index contributed by atoms with van der Waals surface area (Å²) < 4.78 is 0.800. The lowest BCUT2D eigenvalue weighted by atomic mass is 10.8. The minimum absolute atomic E-state index is 0.800. The molecular weight excluding hydrogens is 140 g/mol. The molecule has 1 heterocycles. The molecule has 1 rings (SSSR count). The zero-order chi connectivity index (χ0) is 5.98. The van der Waals surface area contributed by atoms with Gasteiger partial charge in [0.2, 0.25) is 0 Å². The van der Waals surface area contributed by atoms with Gasteiger partial charge >= 0.3 is 0 Å². The molecule has 1 N–H and O–H groups in total. The van der Waals surface area contributed by atoms with Gasteiger partial charge in [-0.25, -0.2) is 4.98 Å². The average molecular weight is 146 g/mol. The fraction of sp³-hybridized carbons (Fsp3) is 0.250. The van der Waals surface area contributed by atoms with E-state index < -0.39 is 0 Å². The highest BCUT2D eigenvalue weighted by atomic mass is 32.2. The van der Waals surface area contributed by atoms with Gasteiger partial charge in [0, 0.05) is 12.4 Å². The Bertz CT molecular complexity index is 172. The van der Waals surface area contributed by atoms with Crippen molar-refractivity contribution >= 4 is 29.8 Å². The van der Waals surface area contributed by atoms with E-state index in [1.807, 2.05) is 12.4 Å². The number of nitrogens with zero attached hydrogens (tertiary/aromatic N) is 1. The van der Waals surface area contributed by atoms with Crippen LogP contribution in [0.4, 0.5) is 5.82 Å². The van der Waals surface area contributed by atoms with E-state index in [0.717, 1.165) is 10.2 Å². The predicted molar refractivity (Wildman–Crippen MR) is 38.9 cm³/mol. The van der Waals surface area contributed by atoms with Gasteiger partial charge in [-0.05, 0) is 0 Å². The van der Waals surface area contributed by atoms with Crippen LogP contribution >= 0.6 is 24.0 Å². The van der Waals surface area contributed by atoms with Crippen molar-refractivity contribution in [2.75, 3.05) is 12.4 Å². The number of anilines is 1. The number of thiol groups is 1. The van der Waals surface area contributed by atoms with Gasteiger partial charge in [-0.3, -0.25) is 0 Å². The Morgan fingerprint density at radius 1 is 1.88 bits per heavy atom. The SMILES string of the molecule is CNc1csc(S)n1. The largest absolute Gasteiger partial charge is 0.372 e. The molecule has 0 aliphatic heterocycles. The molecule has 0 spiro atoms. The van der Waals surface area contributed by atoms with Crippen molar-refractivity contribution in [3.63, 3.8) is 0 Å². The van der Waals surface area contributed by atoms with Gasteiger partial charge in [0.05, 0.1) is 0 Å². The molecule has 0 bridgehead atoms. The number of hydrogen-bond acceptors (Lipinski definition) is 4. The molecule has 0 saturated carbocycles. The molecule has 0 amide bonds. The van der Waals surface area contributed by atoms with Gasteiger partial charge in [0.25, 0.3) is 0 Å². The van der Waals surface area contributed by atoms with Crippen LogP contribution in [-0.2, 0) is 0 Å². The second-order valence-electron chi connectivity index (χ2n) is 1.27. The Labute approximate surface area is 57.4 Å². The minimum atomic E-state index is 0.800. The summed E-state index contributed by atoms with van der Waals surface area (Å²) in [6.45, 7) is 0. The van der Waals surface area contributed by atoms with Crippen LogP contribution in [0.5, 0.6) is 0 Å². The Morgan fingerprint density at radius 2 is 2.62 bits per heavy atom. The van der Waals surface area contributed by atoms with Crippen LogP contribution in [0.25, 0.3) is 0 Å². The van der Waals surface area contributed by atoms with Crippen LogP contribution in [0.1, 0.15) is 0 Å². The summed E-state index contributed by atoms with van der Waals surface area (Å²) in [7, 11) is 1.84. The van der Waals surface area contributed by atoms with Gasteiger partial charge in [0.15, 0.2) is 0 Å². The summed E-state index contributed by atoms with van der Waals surface area (Å²) in [5.74, 6) is 0.889. The summed E-state index contributed by atoms with van der Waals surface area (Å²) in [5, 5.41) is 4.82. The third-order valence-corrected chi connectivity index (χ3v) is 1.81. The highest BCUT2D eigenvalue weighted by Crippen LogP contribution is 2.15. The Hall–Kier alpha value is -0.220. The monoisotopic (exact) mass is 146 g/mol. The number of hydrogen-bond donors (Lipinski definition) is 2. The van der Waals surface area contributed by atoms with Gasteiger partial charge in [-0.15, -0.1) is 24.0 Å². The van der Waals surface area contributed by atoms with Crippen molar-refractivity contribution in [3.05, 3.63) is 5.38 Å². The van der Waals surface area contributed by atoms with Crippen molar-refractivity contribution in [1.29, 1.82) is 0 Å². The van der Waals surface area contributed by atoms with E-state index in [-0.39, 0.29) is 0 Å². The second kappa shape index (κ2) is 2.37. The number of thiazole rings is 1. The quantitative estimate of drug-likeness (QED) is 0.586. The van der Waals surface area contributed by atoms with Crippen molar-refractivity contribution in [3.8, 4) is 0 Å². The van der Waals surface area contributed by atoms with Crippen molar-refractivity contribution in [1.82, 2.24) is 4.98 Å². The third-order valence-electron chi connectivity index (χ3n) is 0.748. The van der Waals surface area contributed by atoms with Crippen LogP contribution in [0.15, 0.2) is 9.72 Å². The lowest BCUT2D eigenvalue weighted by Crippen LogP contribution is -1.85. The molecule has 1 aromatic rings. The van der Waals surface area contributed by atoms with E-state index in [0.29, 0.717) is 0 Å². The minimum Gasteiger partial charge on any atom is -0.372 e. The molecule has 0 saturated heterocycles. The van der Waals surface area contributed by atoms with Gasteiger partial charge in [0.1, 0.15) is 10.2 Å². The molecule has 0 aliphatic rings. The van der Waals surface area contributed by atoms with E-state index in [1.54, 1.807) is 0 Å². The molecule has 0 unspecified atom stereocenters.